The van der Waals surface area contributed by atoms with Gasteiger partial charge in [-0.2, -0.15) is 0 Å². The van der Waals surface area contributed by atoms with Gasteiger partial charge in [0.25, 0.3) is 5.91 Å². The Morgan fingerprint density at radius 1 is 1.27 bits per heavy atom. The van der Waals surface area contributed by atoms with Crippen LogP contribution >= 0.6 is 46.3 Å². The van der Waals surface area contributed by atoms with Gasteiger partial charge in [0, 0.05) is 28.1 Å². The topological polar surface area (TPSA) is 71.5 Å². The number of carbonyl (C=O) groups excluding carboxylic acids is 1. The highest BCUT2D eigenvalue weighted by atomic mass is 35.5. The molecule has 3 rings (SSSR count). The van der Waals surface area contributed by atoms with E-state index in [0.29, 0.717) is 21.4 Å². The number of aromatic nitrogens is 1. The fourth-order valence-corrected chi connectivity index (χ4v) is 4.34. The zero-order valence-electron chi connectivity index (χ0n) is 16.1. The van der Waals surface area contributed by atoms with Gasteiger partial charge in [0.1, 0.15) is 23.5 Å². The van der Waals surface area contributed by atoms with Crippen molar-refractivity contribution in [3.8, 4) is 5.75 Å². The summed E-state index contributed by atoms with van der Waals surface area (Å²) in [6.45, 7) is 2.02. The molecule has 1 aromatic heterocycles. The van der Waals surface area contributed by atoms with Crippen LogP contribution in [0.15, 0.2) is 52.7 Å². The van der Waals surface area contributed by atoms with Crippen LogP contribution in [-0.2, 0) is 5.75 Å². The first-order valence-electron chi connectivity index (χ1n) is 9.09. The molecule has 0 spiro atoms. The number of benzene rings is 2. The number of halogens is 2. The average molecular weight is 483 g/mol. The molecule has 0 saturated heterocycles. The van der Waals surface area contributed by atoms with E-state index in [1.165, 1.54) is 0 Å². The van der Waals surface area contributed by atoms with E-state index in [0.717, 1.165) is 21.3 Å². The van der Waals surface area contributed by atoms with Crippen molar-refractivity contribution >= 4 is 52.2 Å². The van der Waals surface area contributed by atoms with Gasteiger partial charge in [-0.25, -0.2) is 4.98 Å². The van der Waals surface area contributed by atoms with Crippen molar-refractivity contribution in [2.45, 2.75) is 23.7 Å². The molecule has 1 unspecified atom stereocenters. The number of nitrogens with one attached hydrogen (secondary N) is 1. The lowest BCUT2D eigenvalue weighted by Crippen LogP contribution is -2.35. The van der Waals surface area contributed by atoms with E-state index in [4.69, 9.17) is 27.9 Å². The van der Waals surface area contributed by atoms with Crippen LogP contribution < -0.4 is 10.1 Å². The maximum absolute atomic E-state index is 12.3. The molecule has 0 saturated carbocycles. The van der Waals surface area contributed by atoms with Gasteiger partial charge < -0.3 is 15.2 Å². The third kappa shape index (κ3) is 6.62. The normalized spacial score (nSPS) is 11.9. The summed E-state index contributed by atoms with van der Waals surface area (Å²) in [6, 6.07) is 12.3. The minimum absolute atomic E-state index is 0.0218. The van der Waals surface area contributed by atoms with E-state index in [-0.39, 0.29) is 19.1 Å². The molecule has 0 radical (unpaired) electrons. The summed E-state index contributed by atoms with van der Waals surface area (Å²) >= 11 is 15.3. The number of amides is 1. The van der Waals surface area contributed by atoms with Crippen molar-refractivity contribution in [2.24, 2.45) is 0 Å². The number of thiazole rings is 1. The fourth-order valence-electron chi connectivity index (χ4n) is 2.49. The van der Waals surface area contributed by atoms with Gasteiger partial charge in [-0.15, -0.1) is 23.1 Å². The summed E-state index contributed by atoms with van der Waals surface area (Å²) in [7, 11) is 0. The van der Waals surface area contributed by atoms with Crippen molar-refractivity contribution in [2.75, 3.05) is 13.2 Å². The number of ether oxygens (including phenoxy) is 1. The second kappa shape index (κ2) is 11.0. The molecule has 0 fully saturated rings. The third-order valence-corrected chi connectivity index (χ3v) is 6.68. The Morgan fingerprint density at radius 3 is 2.73 bits per heavy atom. The Hall–Kier alpha value is -1.77. The van der Waals surface area contributed by atoms with Crippen molar-refractivity contribution in [1.82, 2.24) is 10.3 Å². The lowest BCUT2D eigenvalue weighted by molar-refractivity contribution is 0.0844. The number of hydrogen-bond donors (Lipinski definition) is 2. The number of aliphatic hydroxyl groups is 1. The summed E-state index contributed by atoms with van der Waals surface area (Å²) < 4.78 is 5.47. The minimum atomic E-state index is -0.889. The highest BCUT2D eigenvalue weighted by Gasteiger charge is 2.12. The Bertz CT molecular complexity index is 996. The molecule has 0 aliphatic carbocycles. The molecule has 30 heavy (non-hydrogen) atoms. The first-order valence-corrected chi connectivity index (χ1v) is 11.7. The molecule has 2 N–H and O–H groups in total. The maximum atomic E-state index is 12.3. The van der Waals surface area contributed by atoms with Crippen LogP contribution in [0.4, 0.5) is 0 Å². The lowest BCUT2D eigenvalue weighted by Gasteiger charge is -2.14. The number of carbonyl (C=O) groups is 1. The average Bonchev–Trinajstić information content (AvgIpc) is 3.17. The van der Waals surface area contributed by atoms with Crippen LogP contribution in [0.1, 0.15) is 21.1 Å². The molecule has 1 atom stereocenters. The molecular formula is C21H20Cl2N2O3S2. The number of thioether (sulfide) groups is 1. The smallest absolute Gasteiger partial charge is 0.251 e. The number of hydrogen-bond acceptors (Lipinski definition) is 6. The Balaban J connectivity index is 1.43. The zero-order chi connectivity index (χ0) is 21.5. The number of nitrogens with zero attached hydrogens (tertiary/aromatic N) is 1. The van der Waals surface area contributed by atoms with E-state index in [9.17, 15) is 9.90 Å². The van der Waals surface area contributed by atoms with Crippen LogP contribution in [0.3, 0.4) is 0 Å². The third-order valence-electron chi connectivity index (χ3n) is 4.02. The molecule has 1 amide bonds. The second-order valence-corrected chi connectivity index (χ2v) is 9.29. The van der Waals surface area contributed by atoms with E-state index >= 15 is 0 Å². The Morgan fingerprint density at radius 2 is 2.03 bits per heavy atom. The summed E-state index contributed by atoms with van der Waals surface area (Å²) in [5, 5.41) is 16.5. The van der Waals surface area contributed by atoms with E-state index < -0.39 is 6.10 Å². The van der Waals surface area contributed by atoms with E-state index in [2.05, 4.69) is 15.7 Å². The molecule has 3 aromatic rings. The number of rotatable bonds is 9. The van der Waals surface area contributed by atoms with Gasteiger partial charge >= 0.3 is 0 Å². The SMILES string of the molecule is Cc1nc(CSc2ccc(C(=O)NCC(O)COc3cccc(Cl)c3Cl)cc2)cs1. The van der Waals surface area contributed by atoms with Crippen molar-refractivity contribution in [3.05, 3.63) is 74.2 Å². The molecular weight excluding hydrogens is 463 g/mol. The molecule has 5 nitrogen and oxygen atoms in total. The molecule has 0 aliphatic rings. The van der Waals surface area contributed by atoms with Crippen LogP contribution in [0.5, 0.6) is 5.75 Å². The van der Waals surface area contributed by atoms with E-state index in [1.807, 2.05) is 19.1 Å². The molecule has 0 bridgehead atoms. The maximum Gasteiger partial charge on any atom is 0.251 e. The first kappa shape index (κ1) is 22.9. The Labute approximate surface area is 193 Å². The van der Waals surface area contributed by atoms with Gasteiger partial charge in [0.15, 0.2) is 0 Å². The second-order valence-electron chi connectivity index (χ2n) is 6.40. The molecule has 158 valence electrons. The predicted octanol–water partition coefficient (Wildman–Crippen LogP) is 5.22. The van der Waals surface area contributed by atoms with Crippen molar-refractivity contribution < 1.29 is 14.6 Å². The summed E-state index contributed by atoms with van der Waals surface area (Å²) in [5.74, 6) is 0.913. The zero-order valence-corrected chi connectivity index (χ0v) is 19.2. The van der Waals surface area contributed by atoms with Gasteiger partial charge in [0.2, 0.25) is 0 Å². The summed E-state index contributed by atoms with van der Waals surface area (Å²) in [5.41, 5.74) is 1.58. The number of aryl methyl sites for hydroxylation is 1. The highest BCUT2D eigenvalue weighted by molar-refractivity contribution is 7.98. The highest BCUT2D eigenvalue weighted by Crippen LogP contribution is 2.31. The van der Waals surface area contributed by atoms with Gasteiger partial charge in [0.05, 0.1) is 15.7 Å². The standard InChI is InChI=1S/C21H20Cl2N2O3S2/c1-13-25-15(11-29-13)12-30-17-7-5-14(6-8-17)21(27)24-9-16(26)10-28-19-4-2-3-18(22)20(19)23/h2-8,11,16,26H,9-10,12H2,1H3,(H,24,27). The summed E-state index contributed by atoms with van der Waals surface area (Å²) in [4.78, 5) is 17.8. The molecule has 0 aliphatic heterocycles. The van der Waals surface area contributed by atoms with Crippen molar-refractivity contribution in [3.63, 3.8) is 0 Å². The number of aliphatic hydroxyl groups excluding tert-OH is 1. The summed E-state index contributed by atoms with van der Waals surface area (Å²) in [6.07, 6.45) is -0.889. The van der Waals surface area contributed by atoms with Gasteiger partial charge in [-0.05, 0) is 43.3 Å². The van der Waals surface area contributed by atoms with E-state index in [1.54, 1.807) is 53.4 Å². The largest absolute Gasteiger partial charge is 0.489 e. The van der Waals surface area contributed by atoms with Crippen molar-refractivity contribution in [1.29, 1.82) is 0 Å². The monoisotopic (exact) mass is 482 g/mol. The first-order chi connectivity index (χ1) is 14.4. The molecule has 1 heterocycles. The quantitative estimate of drug-likeness (QED) is 0.409. The van der Waals surface area contributed by atoms with Crippen LogP contribution in [0.2, 0.25) is 10.0 Å². The fraction of sp³-hybridized carbons (Fsp3) is 0.238. The van der Waals surface area contributed by atoms with Crippen LogP contribution in [-0.4, -0.2) is 35.3 Å². The van der Waals surface area contributed by atoms with Crippen LogP contribution in [0, 0.1) is 6.92 Å². The predicted molar refractivity (Wildman–Crippen MR) is 123 cm³/mol. The minimum Gasteiger partial charge on any atom is -0.489 e. The van der Waals surface area contributed by atoms with Gasteiger partial charge in [-0.3, -0.25) is 4.79 Å². The van der Waals surface area contributed by atoms with Gasteiger partial charge in [-0.1, -0.05) is 29.3 Å². The lowest BCUT2D eigenvalue weighted by atomic mass is 10.2. The molecule has 9 heteroatoms. The Kier molecular flexibility index (Phi) is 8.41. The molecule has 2 aromatic carbocycles. The van der Waals surface area contributed by atoms with Crippen LogP contribution in [0.25, 0.3) is 0 Å².